The third-order valence-electron chi connectivity index (χ3n) is 4.14. The fourth-order valence-electron chi connectivity index (χ4n) is 2.92. The number of likely N-dealkylation sites (tertiary alicyclic amines) is 1. The second-order valence-corrected chi connectivity index (χ2v) is 7.57. The molecule has 19 heavy (non-hydrogen) atoms. The molecular weight excluding hydrogens is 277 g/mol. The highest BCUT2D eigenvalue weighted by molar-refractivity contribution is 6.34. The van der Waals surface area contributed by atoms with Crippen molar-refractivity contribution in [1.82, 2.24) is 4.90 Å². The highest BCUT2D eigenvalue weighted by Gasteiger charge is 2.28. The van der Waals surface area contributed by atoms with Crippen molar-refractivity contribution in [2.24, 2.45) is 11.3 Å². The summed E-state index contributed by atoms with van der Waals surface area (Å²) in [5.74, 6) is 0.840. The third-order valence-corrected chi connectivity index (χ3v) is 4.58. The van der Waals surface area contributed by atoms with Crippen LogP contribution in [0.15, 0.2) is 18.2 Å². The molecule has 1 fully saturated rings. The first-order valence-corrected chi connectivity index (χ1v) is 7.77. The first-order chi connectivity index (χ1) is 8.84. The fourth-order valence-corrected chi connectivity index (χ4v) is 3.49. The number of hydrogen-bond donors (Lipinski definition) is 0. The van der Waals surface area contributed by atoms with E-state index >= 15 is 0 Å². The summed E-state index contributed by atoms with van der Waals surface area (Å²) in [7, 11) is 0. The van der Waals surface area contributed by atoms with Gasteiger partial charge >= 0.3 is 0 Å². The van der Waals surface area contributed by atoms with E-state index < -0.39 is 0 Å². The second-order valence-electron chi connectivity index (χ2n) is 6.69. The van der Waals surface area contributed by atoms with Gasteiger partial charge in [0, 0.05) is 16.6 Å². The molecule has 1 heterocycles. The van der Waals surface area contributed by atoms with Crippen LogP contribution in [0.2, 0.25) is 10.0 Å². The lowest BCUT2D eigenvalue weighted by Crippen LogP contribution is -2.37. The number of rotatable bonds is 2. The minimum absolute atomic E-state index is 0.436. The van der Waals surface area contributed by atoms with Gasteiger partial charge in [0.1, 0.15) is 0 Å². The van der Waals surface area contributed by atoms with Gasteiger partial charge in [-0.3, -0.25) is 4.90 Å². The van der Waals surface area contributed by atoms with Crippen LogP contribution in [0.4, 0.5) is 0 Å². The Morgan fingerprint density at radius 2 is 1.58 bits per heavy atom. The maximum absolute atomic E-state index is 6.05. The summed E-state index contributed by atoms with van der Waals surface area (Å²) in [4.78, 5) is 2.50. The van der Waals surface area contributed by atoms with Crippen molar-refractivity contribution in [3.8, 4) is 0 Å². The van der Waals surface area contributed by atoms with Gasteiger partial charge in [-0.05, 0) is 61.0 Å². The van der Waals surface area contributed by atoms with Crippen LogP contribution >= 0.6 is 23.2 Å². The van der Waals surface area contributed by atoms with E-state index in [-0.39, 0.29) is 0 Å². The number of hydrogen-bond acceptors (Lipinski definition) is 1. The zero-order valence-corrected chi connectivity index (χ0v) is 13.6. The predicted octanol–water partition coefficient (Wildman–Crippen LogP) is 5.25. The van der Waals surface area contributed by atoms with Gasteiger partial charge in [-0.15, -0.1) is 0 Å². The number of benzene rings is 1. The summed E-state index contributed by atoms with van der Waals surface area (Å²) in [5, 5.41) is 1.46. The van der Waals surface area contributed by atoms with Gasteiger partial charge < -0.3 is 0 Å². The summed E-state index contributed by atoms with van der Waals surface area (Å²) < 4.78 is 0. The Balaban J connectivity index is 1.92. The number of nitrogens with zero attached hydrogens (tertiary/aromatic N) is 1. The lowest BCUT2D eigenvalue weighted by molar-refractivity contribution is 0.108. The summed E-state index contributed by atoms with van der Waals surface area (Å²) >= 11 is 12.1. The monoisotopic (exact) mass is 299 g/mol. The maximum atomic E-state index is 6.05. The Labute approximate surface area is 126 Å². The van der Waals surface area contributed by atoms with Crippen molar-refractivity contribution >= 4 is 23.2 Å². The number of halogens is 2. The van der Waals surface area contributed by atoms with Crippen molar-refractivity contribution in [3.05, 3.63) is 33.8 Å². The van der Waals surface area contributed by atoms with E-state index in [1.807, 2.05) is 12.1 Å². The van der Waals surface area contributed by atoms with Gasteiger partial charge in [0.15, 0.2) is 0 Å². The lowest BCUT2D eigenvalue weighted by atomic mass is 9.75. The topological polar surface area (TPSA) is 3.24 Å². The molecule has 106 valence electrons. The molecule has 0 radical (unpaired) electrons. The zero-order valence-electron chi connectivity index (χ0n) is 12.0. The zero-order chi connectivity index (χ0) is 14.0. The molecule has 0 amide bonds. The van der Waals surface area contributed by atoms with E-state index in [9.17, 15) is 0 Å². The first-order valence-electron chi connectivity index (χ1n) is 7.02. The molecule has 1 aromatic rings. The Morgan fingerprint density at radius 3 is 2.05 bits per heavy atom. The van der Waals surface area contributed by atoms with Crippen LogP contribution in [0, 0.1) is 11.3 Å². The Bertz CT molecular complexity index is 409. The van der Waals surface area contributed by atoms with Crippen LogP contribution in [0.1, 0.15) is 39.2 Å². The van der Waals surface area contributed by atoms with Crippen molar-refractivity contribution in [1.29, 1.82) is 0 Å². The fraction of sp³-hybridized carbons (Fsp3) is 0.625. The quantitative estimate of drug-likeness (QED) is 0.721. The molecule has 0 atom stereocenters. The highest BCUT2D eigenvalue weighted by atomic mass is 35.5. The van der Waals surface area contributed by atoms with Crippen molar-refractivity contribution < 1.29 is 0 Å². The van der Waals surface area contributed by atoms with E-state index in [2.05, 4.69) is 25.7 Å². The second kappa shape index (κ2) is 6.03. The van der Waals surface area contributed by atoms with Gasteiger partial charge in [0.2, 0.25) is 0 Å². The smallest absolute Gasteiger partial charge is 0.0424 e. The standard InChI is InChI=1S/C16H23Cl2N/c1-16(2,3)13-4-6-19(7-5-13)11-12-8-14(17)10-15(18)9-12/h8-10,13H,4-7,11H2,1-3H3. The Morgan fingerprint density at radius 1 is 1.05 bits per heavy atom. The average molecular weight is 300 g/mol. The Kier molecular flexibility index (Phi) is 4.81. The van der Waals surface area contributed by atoms with Gasteiger partial charge in [-0.1, -0.05) is 44.0 Å². The van der Waals surface area contributed by atoms with Crippen molar-refractivity contribution in [2.45, 2.75) is 40.2 Å². The molecule has 0 spiro atoms. The molecule has 1 saturated heterocycles. The predicted molar refractivity (Wildman–Crippen MR) is 83.9 cm³/mol. The minimum atomic E-state index is 0.436. The van der Waals surface area contributed by atoms with Gasteiger partial charge in [0.25, 0.3) is 0 Å². The maximum Gasteiger partial charge on any atom is 0.0424 e. The normalized spacial score (nSPS) is 18.8. The van der Waals surface area contributed by atoms with E-state index in [1.54, 1.807) is 6.07 Å². The molecule has 0 N–H and O–H groups in total. The number of piperidine rings is 1. The summed E-state index contributed by atoms with van der Waals surface area (Å²) in [6.07, 6.45) is 2.58. The molecular formula is C16H23Cl2N. The lowest BCUT2D eigenvalue weighted by Gasteiger charge is -2.38. The van der Waals surface area contributed by atoms with Crippen molar-refractivity contribution in [3.63, 3.8) is 0 Å². The molecule has 3 heteroatoms. The molecule has 1 aromatic carbocycles. The van der Waals surface area contributed by atoms with Crippen LogP contribution in [0.25, 0.3) is 0 Å². The van der Waals surface area contributed by atoms with Crippen LogP contribution in [0.5, 0.6) is 0 Å². The molecule has 0 saturated carbocycles. The van der Waals surface area contributed by atoms with Gasteiger partial charge in [0.05, 0.1) is 0 Å². The molecule has 1 aliphatic rings. The van der Waals surface area contributed by atoms with E-state index in [0.717, 1.165) is 22.5 Å². The molecule has 2 rings (SSSR count). The molecule has 0 aromatic heterocycles. The van der Waals surface area contributed by atoms with Crippen LogP contribution in [0.3, 0.4) is 0 Å². The van der Waals surface area contributed by atoms with E-state index in [4.69, 9.17) is 23.2 Å². The van der Waals surface area contributed by atoms with Gasteiger partial charge in [-0.25, -0.2) is 0 Å². The highest BCUT2D eigenvalue weighted by Crippen LogP contribution is 2.34. The molecule has 0 bridgehead atoms. The molecule has 1 nitrogen and oxygen atoms in total. The van der Waals surface area contributed by atoms with Crippen molar-refractivity contribution in [2.75, 3.05) is 13.1 Å². The first kappa shape index (κ1) is 15.2. The van der Waals surface area contributed by atoms with E-state index in [0.29, 0.717) is 5.41 Å². The van der Waals surface area contributed by atoms with Crippen LogP contribution in [-0.4, -0.2) is 18.0 Å². The minimum Gasteiger partial charge on any atom is -0.299 e. The largest absolute Gasteiger partial charge is 0.299 e. The summed E-state index contributed by atoms with van der Waals surface area (Å²) in [6.45, 7) is 10.4. The van der Waals surface area contributed by atoms with E-state index in [1.165, 1.54) is 31.5 Å². The molecule has 0 aliphatic carbocycles. The van der Waals surface area contributed by atoms with Crippen LogP contribution < -0.4 is 0 Å². The van der Waals surface area contributed by atoms with Gasteiger partial charge in [-0.2, -0.15) is 0 Å². The average Bonchev–Trinajstić information content (AvgIpc) is 2.26. The van der Waals surface area contributed by atoms with Crippen LogP contribution in [-0.2, 0) is 6.54 Å². The summed E-state index contributed by atoms with van der Waals surface area (Å²) in [6, 6.07) is 5.82. The molecule has 1 aliphatic heterocycles. The summed E-state index contributed by atoms with van der Waals surface area (Å²) in [5.41, 5.74) is 1.65. The SMILES string of the molecule is CC(C)(C)C1CCN(Cc2cc(Cl)cc(Cl)c2)CC1. The third kappa shape index (κ3) is 4.37. The Hall–Kier alpha value is -0.240. The molecule has 0 unspecified atom stereocenters.